The molecule has 21 valence electrons. The summed E-state index contributed by atoms with van der Waals surface area (Å²) < 4.78 is 0. The number of nitrogens with zero attached hydrogens (tertiary/aromatic N) is 2. The predicted molar refractivity (Wildman–Crippen MR) is 13.7 cm³/mol. The predicted octanol–water partition coefficient (Wildman–Crippen LogP) is 1.08. The molecule has 0 fully saturated rings. The maximum atomic E-state index is 6.86. The largest absolute Gasteiger partial charge is 0.108 e. The minimum Gasteiger partial charge on any atom is -0.108 e. The van der Waals surface area contributed by atoms with Gasteiger partial charge in [-0.05, 0) is 17.9 Å². The SMILES string of the molecule is [CH].[N-]=[N+]=N. The molecular weight excluding hydrogens is 54.0 g/mol. The molecule has 0 heterocycles. The molecule has 0 spiro atoms. The first kappa shape index (κ1) is 10.3. The lowest BCUT2D eigenvalue weighted by Gasteiger charge is -1.03. The number of nitrogens with one attached hydrogen (secondary N) is 1. The molecule has 0 aromatic rings. The zero-order valence-electron chi connectivity index (χ0n) is 1.97. The van der Waals surface area contributed by atoms with Gasteiger partial charge in [0.25, 0.3) is 0 Å². The molecule has 0 saturated carbocycles. The van der Waals surface area contributed by atoms with Crippen LogP contribution in [0.3, 0.4) is 0 Å². The van der Waals surface area contributed by atoms with Crippen molar-refractivity contribution in [3.8, 4) is 0 Å². The quantitative estimate of drug-likeness (QED) is 0.245. The normalized spacial score (nSPS) is 2.00. The molecular formula is CH2N3. The molecule has 0 atom stereocenters. The van der Waals surface area contributed by atoms with E-state index in [0.29, 0.717) is 0 Å². The van der Waals surface area contributed by atoms with Gasteiger partial charge in [-0.1, -0.05) is 0 Å². The molecule has 0 rings (SSSR count). The molecule has 0 aliphatic carbocycles. The third-order valence-corrected chi connectivity index (χ3v) is 0. The van der Waals surface area contributed by atoms with Gasteiger partial charge in [-0.2, -0.15) is 0 Å². The molecule has 0 aliphatic rings. The Kier molecular flexibility index (Phi) is 106. The van der Waals surface area contributed by atoms with Crippen LogP contribution in [0.25, 0.3) is 10.4 Å². The average Bonchev–Trinajstić information content (AvgIpc) is 0.918. The monoisotopic (exact) mass is 56.0 g/mol. The van der Waals surface area contributed by atoms with Crippen molar-refractivity contribution in [3.05, 3.63) is 17.9 Å². The number of hydrogen-bond acceptors (Lipinski definition) is 1. The van der Waals surface area contributed by atoms with E-state index >= 15 is 0 Å². The van der Waals surface area contributed by atoms with E-state index in [4.69, 9.17) is 11.1 Å². The van der Waals surface area contributed by atoms with Crippen molar-refractivity contribution in [3.63, 3.8) is 0 Å². The summed E-state index contributed by atoms with van der Waals surface area (Å²) >= 11 is 0. The standard InChI is InChI=1S/CH.HN3/c;1-3-2/h1H;1H. The Morgan fingerprint density at radius 2 is 1.75 bits per heavy atom. The van der Waals surface area contributed by atoms with Crippen LogP contribution in [-0.2, 0) is 0 Å². The Bertz CT molecular complexity index is 24.3. The minimum atomic E-state index is 0. The molecule has 1 N–H and O–H groups in total. The van der Waals surface area contributed by atoms with Gasteiger partial charge in [0, 0.05) is 0 Å². The molecule has 3 radical (unpaired) electrons. The van der Waals surface area contributed by atoms with Crippen LogP contribution in [0.15, 0.2) is 0 Å². The summed E-state index contributed by atoms with van der Waals surface area (Å²) in [6.45, 7) is 0. The summed E-state index contributed by atoms with van der Waals surface area (Å²) in [5.41, 5.74) is 12.2. The zero-order chi connectivity index (χ0) is 2.71. The Labute approximate surface area is 24.7 Å². The zero-order valence-corrected chi connectivity index (χ0v) is 1.97. The highest BCUT2D eigenvalue weighted by Gasteiger charge is 0.973. The lowest BCUT2D eigenvalue weighted by atomic mass is 12.0. The van der Waals surface area contributed by atoms with Gasteiger partial charge in [-0.3, -0.25) is 0 Å². The van der Waals surface area contributed by atoms with E-state index in [1.165, 1.54) is 0 Å². The smallest absolute Gasteiger partial charge is 0.00208 e. The summed E-state index contributed by atoms with van der Waals surface area (Å²) in [4.78, 5) is 1.75. The van der Waals surface area contributed by atoms with Crippen molar-refractivity contribution in [1.29, 1.82) is 5.53 Å². The lowest BCUT2D eigenvalue weighted by molar-refractivity contribution is 1.45. The van der Waals surface area contributed by atoms with E-state index in [1.54, 1.807) is 4.91 Å². The van der Waals surface area contributed by atoms with Crippen LogP contribution in [0.4, 0.5) is 0 Å². The van der Waals surface area contributed by atoms with Gasteiger partial charge in [-0.25, -0.2) is 0 Å². The molecule has 0 bridgehead atoms. The van der Waals surface area contributed by atoms with E-state index in [-0.39, 0.29) is 7.43 Å². The van der Waals surface area contributed by atoms with Crippen LogP contribution >= 0.6 is 0 Å². The highest BCUT2D eigenvalue weighted by atomic mass is 15.0. The fraction of sp³-hybridized carbons (Fsp3) is 0. The van der Waals surface area contributed by atoms with Crippen LogP contribution < -0.4 is 0 Å². The molecule has 0 saturated heterocycles. The Morgan fingerprint density at radius 1 is 1.75 bits per heavy atom. The molecule has 0 aromatic carbocycles. The summed E-state index contributed by atoms with van der Waals surface area (Å²) in [5.74, 6) is 0. The van der Waals surface area contributed by atoms with Crippen molar-refractivity contribution in [2.24, 2.45) is 0 Å². The maximum absolute atomic E-state index is 6.86. The fourth-order valence-corrected chi connectivity index (χ4v) is 0. The fourth-order valence-electron chi connectivity index (χ4n) is 0. The van der Waals surface area contributed by atoms with E-state index in [2.05, 4.69) is 0 Å². The van der Waals surface area contributed by atoms with Crippen molar-refractivity contribution >= 4 is 0 Å². The Hall–Kier alpha value is -0.690. The maximum Gasteiger partial charge on any atom is -0.00208 e. The highest BCUT2D eigenvalue weighted by molar-refractivity contribution is 4.18. The first-order valence-electron chi connectivity index (χ1n) is 0.424. The van der Waals surface area contributed by atoms with E-state index in [9.17, 15) is 0 Å². The van der Waals surface area contributed by atoms with Crippen molar-refractivity contribution in [2.75, 3.05) is 0 Å². The first-order chi connectivity index (χ1) is 1.41. The molecule has 3 nitrogen and oxygen atoms in total. The van der Waals surface area contributed by atoms with Gasteiger partial charge >= 0.3 is 0 Å². The first-order valence-corrected chi connectivity index (χ1v) is 0.424. The number of hydrogen-bond donors (Lipinski definition) is 1. The third-order valence-electron chi connectivity index (χ3n) is 0. The Morgan fingerprint density at radius 3 is 1.75 bits per heavy atom. The summed E-state index contributed by atoms with van der Waals surface area (Å²) in [5, 5.41) is 0. The number of rotatable bonds is 0. The van der Waals surface area contributed by atoms with Crippen LogP contribution in [-0.4, -0.2) is 0 Å². The van der Waals surface area contributed by atoms with Crippen molar-refractivity contribution in [2.45, 2.75) is 0 Å². The van der Waals surface area contributed by atoms with Gasteiger partial charge < -0.3 is 0 Å². The van der Waals surface area contributed by atoms with Crippen LogP contribution in [0.2, 0.25) is 0 Å². The summed E-state index contributed by atoms with van der Waals surface area (Å²) in [6.07, 6.45) is 0. The molecule has 0 amide bonds. The van der Waals surface area contributed by atoms with Gasteiger partial charge in [0.1, 0.15) is 0 Å². The molecule has 0 unspecified atom stereocenters. The lowest BCUT2D eigenvalue weighted by Crippen LogP contribution is -0.769. The van der Waals surface area contributed by atoms with Crippen LogP contribution in [0.1, 0.15) is 0 Å². The van der Waals surface area contributed by atoms with Gasteiger partial charge in [0.05, 0.1) is 0 Å². The van der Waals surface area contributed by atoms with E-state index in [1.807, 2.05) is 0 Å². The second kappa shape index (κ2) is 41.3. The average molecular weight is 56.0 g/mol. The van der Waals surface area contributed by atoms with Crippen molar-refractivity contribution < 1.29 is 0 Å². The van der Waals surface area contributed by atoms with Gasteiger partial charge in [-0.15, -0.1) is 5.53 Å². The van der Waals surface area contributed by atoms with Gasteiger partial charge in [0.15, 0.2) is 0 Å². The van der Waals surface area contributed by atoms with Crippen LogP contribution in [0, 0.1) is 13.0 Å². The second-order valence-electron chi connectivity index (χ2n) is 0.100. The molecule has 0 aromatic heterocycles. The van der Waals surface area contributed by atoms with Gasteiger partial charge in [0.2, 0.25) is 0 Å². The van der Waals surface area contributed by atoms with E-state index in [0.717, 1.165) is 0 Å². The summed E-state index contributed by atoms with van der Waals surface area (Å²) in [6, 6.07) is 0. The van der Waals surface area contributed by atoms with Crippen molar-refractivity contribution in [1.82, 2.24) is 0 Å². The summed E-state index contributed by atoms with van der Waals surface area (Å²) in [7, 11) is 0. The minimum absolute atomic E-state index is 0. The topological polar surface area (TPSA) is 60.3 Å². The van der Waals surface area contributed by atoms with E-state index < -0.39 is 0 Å². The molecule has 4 heavy (non-hydrogen) atoms. The highest BCUT2D eigenvalue weighted by Crippen LogP contribution is 1.24. The Balaban J connectivity index is 0. The molecule has 0 aliphatic heterocycles. The third kappa shape index (κ3) is 0.264. The van der Waals surface area contributed by atoms with Crippen LogP contribution in [0.5, 0.6) is 0 Å². The second-order valence-corrected chi connectivity index (χ2v) is 0.100. The molecule has 3 heteroatoms.